The van der Waals surface area contributed by atoms with E-state index in [9.17, 15) is 9.18 Å². The van der Waals surface area contributed by atoms with Crippen molar-refractivity contribution in [1.29, 1.82) is 0 Å². The Morgan fingerprint density at radius 3 is 2.38 bits per heavy atom. The summed E-state index contributed by atoms with van der Waals surface area (Å²) in [6, 6.07) is 16.4. The fourth-order valence-electron chi connectivity index (χ4n) is 3.16. The number of urea groups is 1. The summed E-state index contributed by atoms with van der Waals surface area (Å²) in [6.45, 7) is 2.75. The Morgan fingerprint density at radius 1 is 1.08 bits per heavy atom. The van der Waals surface area contributed by atoms with E-state index in [1.54, 1.807) is 24.1 Å². The lowest BCUT2D eigenvalue weighted by atomic mass is 10.1. The molecular weight excluding hydrogens is 333 g/mol. The zero-order valence-corrected chi connectivity index (χ0v) is 14.9. The molecule has 5 nitrogen and oxygen atoms in total. The van der Waals surface area contributed by atoms with Gasteiger partial charge >= 0.3 is 6.03 Å². The fraction of sp³-hybridized carbons (Fsp3) is 0.350. The molecule has 6 heteroatoms. The maximum Gasteiger partial charge on any atom is 0.317 e. The summed E-state index contributed by atoms with van der Waals surface area (Å²) in [4.78, 5) is 16.2. The molecule has 1 fully saturated rings. The number of benzene rings is 2. The molecule has 2 amide bonds. The van der Waals surface area contributed by atoms with Gasteiger partial charge in [-0.15, -0.1) is 0 Å². The van der Waals surface area contributed by atoms with Crippen molar-refractivity contribution >= 4 is 11.7 Å². The highest BCUT2D eigenvalue weighted by Gasteiger charge is 2.23. The molecule has 0 bridgehead atoms. The summed E-state index contributed by atoms with van der Waals surface area (Å²) >= 11 is 0. The molecule has 1 heterocycles. The Hall–Kier alpha value is -2.60. The number of anilines is 1. The highest BCUT2D eigenvalue weighted by atomic mass is 19.1. The van der Waals surface area contributed by atoms with Gasteiger partial charge in [0.1, 0.15) is 5.82 Å². The van der Waals surface area contributed by atoms with Crippen molar-refractivity contribution in [2.24, 2.45) is 0 Å². The standard InChI is InChI=1S/C20H24FN3O2/c1-26-19(16-7-3-2-4-8-16)15-22-20(25)24-13-11-23(12-14-24)18-10-6-5-9-17(18)21/h2-10,19H,11-15H2,1H3,(H,22,25). The van der Waals surface area contributed by atoms with Crippen LogP contribution in [-0.2, 0) is 4.74 Å². The molecule has 1 unspecified atom stereocenters. The van der Waals surface area contributed by atoms with Crippen LogP contribution in [0, 0.1) is 5.82 Å². The van der Waals surface area contributed by atoms with Gasteiger partial charge in [-0.2, -0.15) is 0 Å². The van der Waals surface area contributed by atoms with Crippen molar-refractivity contribution in [3.63, 3.8) is 0 Å². The van der Waals surface area contributed by atoms with Gasteiger partial charge in [-0.1, -0.05) is 42.5 Å². The van der Waals surface area contributed by atoms with E-state index in [4.69, 9.17) is 4.74 Å². The van der Waals surface area contributed by atoms with Gasteiger partial charge in [0, 0.05) is 39.8 Å². The fourth-order valence-corrected chi connectivity index (χ4v) is 3.16. The van der Waals surface area contributed by atoms with E-state index < -0.39 is 0 Å². The Morgan fingerprint density at radius 2 is 1.73 bits per heavy atom. The number of carbonyl (C=O) groups excluding carboxylic acids is 1. The summed E-state index contributed by atoms with van der Waals surface area (Å²) in [5, 5.41) is 2.94. The van der Waals surface area contributed by atoms with Gasteiger partial charge in [0.2, 0.25) is 0 Å². The minimum absolute atomic E-state index is 0.115. The maximum absolute atomic E-state index is 13.9. The second-order valence-electron chi connectivity index (χ2n) is 6.25. The van der Waals surface area contributed by atoms with Gasteiger partial charge in [0.05, 0.1) is 11.8 Å². The molecule has 1 aliphatic heterocycles. The molecule has 26 heavy (non-hydrogen) atoms. The minimum atomic E-state index is -0.226. The van der Waals surface area contributed by atoms with Crippen molar-refractivity contribution in [3.8, 4) is 0 Å². The molecule has 2 aromatic carbocycles. The molecule has 0 saturated carbocycles. The van der Waals surface area contributed by atoms with Crippen molar-refractivity contribution in [3.05, 3.63) is 66.0 Å². The number of piperazine rings is 1. The van der Waals surface area contributed by atoms with Crippen LogP contribution >= 0.6 is 0 Å². The Labute approximate surface area is 153 Å². The predicted molar refractivity (Wildman–Crippen MR) is 99.8 cm³/mol. The SMILES string of the molecule is COC(CNC(=O)N1CCN(c2ccccc2F)CC1)c1ccccc1. The lowest BCUT2D eigenvalue weighted by Gasteiger charge is -2.36. The van der Waals surface area contributed by atoms with E-state index >= 15 is 0 Å². The second-order valence-corrected chi connectivity index (χ2v) is 6.25. The molecule has 1 aliphatic rings. The lowest BCUT2D eigenvalue weighted by molar-refractivity contribution is 0.101. The lowest BCUT2D eigenvalue weighted by Crippen LogP contribution is -2.52. The minimum Gasteiger partial charge on any atom is -0.375 e. The third-order valence-corrected chi connectivity index (χ3v) is 4.65. The summed E-state index contributed by atoms with van der Waals surface area (Å²) < 4.78 is 19.4. The summed E-state index contributed by atoms with van der Waals surface area (Å²) in [5.74, 6) is -0.226. The normalized spacial score (nSPS) is 15.6. The molecule has 0 aliphatic carbocycles. The highest BCUT2D eigenvalue weighted by Crippen LogP contribution is 2.20. The predicted octanol–water partition coefficient (Wildman–Crippen LogP) is 3.05. The molecule has 1 saturated heterocycles. The number of rotatable bonds is 5. The highest BCUT2D eigenvalue weighted by molar-refractivity contribution is 5.74. The van der Waals surface area contributed by atoms with Crippen LogP contribution in [0.15, 0.2) is 54.6 Å². The van der Waals surface area contributed by atoms with Gasteiger partial charge in [0.25, 0.3) is 0 Å². The van der Waals surface area contributed by atoms with Gasteiger partial charge in [-0.3, -0.25) is 0 Å². The van der Waals surface area contributed by atoms with Gasteiger partial charge in [-0.25, -0.2) is 9.18 Å². The molecular formula is C20H24FN3O2. The van der Waals surface area contributed by atoms with E-state index in [1.807, 2.05) is 41.3 Å². The van der Waals surface area contributed by atoms with Crippen molar-refractivity contribution in [2.45, 2.75) is 6.10 Å². The molecule has 138 valence electrons. The zero-order chi connectivity index (χ0) is 18.4. The number of carbonyl (C=O) groups is 1. The first kappa shape index (κ1) is 18.2. The average molecular weight is 357 g/mol. The first-order valence-electron chi connectivity index (χ1n) is 8.79. The maximum atomic E-state index is 13.9. The summed E-state index contributed by atoms with van der Waals surface area (Å²) in [7, 11) is 1.64. The Bertz CT molecular complexity index is 718. The summed E-state index contributed by atoms with van der Waals surface area (Å²) in [6.07, 6.45) is -0.181. The number of amides is 2. The molecule has 0 aromatic heterocycles. The monoisotopic (exact) mass is 357 g/mol. The number of hydrogen-bond donors (Lipinski definition) is 1. The van der Waals surface area contributed by atoms with Crippen LogP contribution in [0.5, 0.6) is 0 Å². The molecule has 1 atom stereocenters. The van der Waals surface area contributed by atoms with Crippen molar-refractivity contribution in [1.82, 2.24) is 10.2 Å². The number of hydrogen-bond acceptors (Lipinski definition) is 3. The molecule has 2 aromatic rings. The Kier molecular flexibility index (Phi) is 6.07. The van der Waals surface area contributed by atoms with Gasteiger partial charge in [-0.05, 0) is 17.7 Å². The number of nitrogens with zero attached hydrogens (tertiary/aromatic N) is 2. The molecule has 1 N–H and O–H groups in total. The van der Waals surface area contributed by atoms with Crippen LogP contribution in [-0.4, -0.2) is 50.8 Å². The van der Waals surface area contributed by atoms with E-state index in [2.05, 4.69) is 5.32 Å². The largest absolute Gasteiger partial charge is 0.375 e. The van der Waals surface area contributed by atoms with Crippen LogP contribution in [0.3, 0.4) is 0 Å². The Balaban J connectivity index is 1.50. The number of nitrogens with one attached hydrogen (secondary N) is 1. The molecule has 0 radical (unpaired) electrons. The van der Waals surface area contributed by atoms with Crippen LogP contribution in [0.4, 0.5) is 14.9 Å². The molecule has 0 spiro atoms. The first-order valence-corrected chi connectivity index (χ1v) is 8.79. The van der Waals surface area contributed by atoms with Crippen LogP contribution < -0.4 is 10.2 Å². The quantitative estimate of drug-likeness (QED) is 0.895. The third-order valence-electron chi connectivity index (χ3n) is 4.65. The van der Waals surface area contributed by atoms with Crippen LogP contribution in [0.1, 0.15) is 11.7 Å². The number of halogens is 1. The van der Waals surface area contributed by atoms with E-state index in [0.29, 0.717) is 38.4 Å². The van der Waals surface area contributed by atoms with Crippen molar-refractivity contribution < 1.29 is 13.9 Å². The van der Waals surface area contributed by atoms with Gasteiger partial charge < -0.3 is 19.9 Å². The third kappa shape index (κ3) is 4.32. The van der Waals surface area contributed by atoms with Crippen LogP contribution in [0.25, 0.3) is 0 Å². The number of ether oxygens (including phenoxy) is 1. The topological polar surface area (TPSA) is 44.8 Å². The van der Waals surface area contributed by atoms with E-state index in [-0.39, 0.29) is 18.0 Å². The van der Waals surface area contributed by atoms with Crippen molar-refractivity contribution in [2.75, 3.05) is 44.7 Å². The summed E-state index contributed by atoms with van der Waals surface area (Å²) in [5.41, 5.74) is 1.62. The number of para-hydroxylation sites is 1. The van der Waals surface area contributed by atoms with Crippen LogP contribution in [0.2, 0.25) is 0 Å². The van der Waals surface area contributed by atoms with E-state index in [0.717, 1.165) is 5.56 Å². The smallest absolute Gasteiger partial charge is 0.317 e. The van der Waals surface area contributed by atoms with Gasteiger partial charge in [0.15, 0.2) is 0 Å². The molecule has 3 rings (SSSR count). The second kappa shape index (κ2) is 8.67. The zero-order valence-electron chi connectivity index (χ0n) is 14.9. The first-order chi connectivity index (χ1) is 12.7. The van der Waals surface area contributed by atoms with E-state index in [1.165, 1.54) is 6.07 Å². The number of methoxy groups -OCH3 is 1. The average Bonchev–Trinajstić information content (AvgIpc) is 2.70.